The molecular formula is C12H14ClN. The Morgan fingerprint density at radius 3 is 2.86 bits per heavy atom. The average Bonchev–Trinajstić information content (AvgIpc) is 2.15. The number of hydrogen-bond donors (Lipinski definition) is 1. The predicted molar refractivity (Wildman–Crippen MR) is 62.7 cm³/mol. The Labute approximate surface area is 90.5 Å². The molecule has 0 aliphatic rings. The first kappa shape index (κ1) is 10.9. The highest BCUT2D eigenvalue weighted by atomic mass is 35.5. The number of rotatable bonds is 3. The van der Waals surface area contributed by atoms with E-state index in [-0.39, 0.29) is 0 Å². The third kappa shape index (κ3) is 3.32. The Morgan fingerprint density at radius 2 is 2.21 bits per heavy atom. The van der Waals surface area contributed by atoms with E-state index < -0.39 is 0 Å². The molecule has 0 aliphatic carbocycles. The summed E-state index contributed by atoms with van der Waals surface area (Å²) >= 11 is 5.85. The third-order valence-electron chi connectivity index (χ3n) is 1.93. The number of aryl methyl sites for hydroxylation is 1. The fourth-order valence-corrected chi connectivity index (χ4v) is 1.44. The maximum atomic E-state index is 5.85. The summed E-state index contributed by atoms with van der Waals surface area (Å²) in [5, 5.41) is 4.09. The van der Waals surface area contributed by atoms with Gasteiger partial charge >= 0.3 is 0 Å². The van der Waals surface area contributed by atoms with Gasteiger partial charge in [0.25, 0.3) is 0 Å². The summed E-state index contributed by atoms with van der Waals surface area (Å²) in [5.41, 5.74) is 2.30. The summed E-state index contributed by atoms with van der Waals surface area (Å²) in [5.74, 6) is 5.88. The van der Waals surface area contributed by atoms with E-state index >= 15 is 0 Å². The quantitative estimate of drug-likeness (QED) is 0.591. The van der Waals surface area contributed by atoms with Crippen molar-refractivity contribution in [2.75, 3.05) is 11.9 Å². The smallest absolute Gasteiger partial charge is 0.0410 e. The lowest BCUT2D eigenvalue weighted by molar-refractivity contribution is 1.09. The summed E-state index contributed by atoms with van der Waals surface area (Å²) < 4.78 is 0. The standard InChI is InChI=1S/C12H14ClN/c1-3-4-5-8-14-12-7-6-11(13)9-10(12)2/h6-7,9,14H,5,8H2,1-2H3. The molecular weight excluding hydrogens is 194 g/mol. The molecule has 0 amide bonds. The molecule has 74 valence electrons. The maximum absolute atomic E-state index is 5.85. The summed E-state index contributed by atoms with van der Waals surface area (Å²) in [6, 6.07) is 5.84. The van der Waals surface area contributed by atoms with E-state index in [9.17, 15) is 0 Å². The zero-order valence-corrected chi connectivity index (χ0v) is 9.28. The van der Waals surface area contributed by atoms with Crippen molar-refractivity contribution in [3.63, 3.8) is 0 Å². The lowest BCUT2D eigenvalue weighted by Crippen LogP contribution is -2.01. The average molecular weight is 208 g/mol. The highest BCUT2D eigenvalue weighted by molar-refractivity contribution is 6.30. The maximum Gasteiger partial charge on any atom is 0.0410 e. The van der Waals surface area contributed by atoms with Gasteiger partial charge in [-0.3, -0.25) is 0 Å². The van der Waals surface area contributed by atoms with Gasteiger partial charge < -0.3 is 5.32 Å². The fraction of sp³-hybridized carbons (Fsp3) is 0.333. The van der Waals surface area contributed by atoms with Crippen LogP contribution in [0.1, 0.15) is 18.9 Å². The molecule has 0 heterocycles. The van der Waals surface area contributed by atoms with Crippen molar-refractivity contribution in [2.45, 2.75) is 20.3 Å². The van der Waals surface area contributed by atoms with Gasteiger partial charge in [-0.15, -0.1) is 11.8 Å². The summed E-state index contributed by atoms with van der Waals surface area (Å²) in [6.07, 6.45) is 0.874. The van der Waals surface area contributed by atoms with Gasteiger partial charge in [-0.1, -0.05) is 11.6 Å². The van der Waals surface area contributed by atoms with Gasteiger partial charge in [0.15, 0.2) is 0 Å². The van der Waals surface area contributed by atoms with E-state index in [4.69, 9.17) is 11.6 Å². The van der Waals surface area contributed by atoms with Crippen LogP contribution in [0.3, 0.4) is 0 Å². The van der Waals surface area contributed by atoms with Crippen LogP contribution in [-0.2, 0) is 0 Å². The number of nitrogens with one attached hydrogen (secondary N) is 1. The van der Waals surface area contributed by atoms with Crippen LogP contribution in [0.4, 0.5) is 5.69 Å². The van der Waals surface area contributed by atoms with Gasteiger partial charge in [0.05, 0.1) is 0 Å². The van der Waals surface area contributed by atoms with Gasteiger partial charge in [0.1, 0.15) is 0 Å². The van der Waals surface area contributed by atoms with Crippen LogP contribution in [0.5, 0.6) is 0 Å². The molecule has 0 saturated heterocycles. The Hall–Kier alpha value is -1.13. The SMILES string of the molecule is CC#CCCNc1ccc(Cl)cc1C. The van der Waals surface area contributed by atoms with Crippen LogP contribution in [0.2, 0.25) is 5.02 Å². The highest BCUT2D eigenvalue weighted by Gasteiger charge is 1.96. The van der Waals surface area contributed by atoms with Crippen LogP contribution in [-0.4, -0.2) is 6.54 Å². The minimum Gasteiger partial charge on any atom is -0.384 e. The number of halogens is 1. The molecule has 0 saturated carbocycles. The molecule has 0 aromatic heterocycles. The number of benzene rings is 1. The first-order valence-corrected chi connectivity index (χ1v) is 5.01. The molecule has 1 nitrogen and oxygen atoms in total. The topological polar surface area (TPSA) is 12.0 Å². The largest absolute Gasteiger partial charge is 0.384 e. The van der Waals surface area contributed by atoms with Crippen molar-refractivity contribution in [1.82, 2.24) is 0 Å². The minimum absolute atomic E-state index is 0.779. The Morgan fingerprint density at radius 1 is 1.43 bits per heavy atom. The van der Waals surface area contributed by atoms with Gasteiger partial charge in [0, 0.05) is 23.7 Å². The first-order valence-electron chi connectivity index (χ1n) is 4.63. The Balaban J connectivity index is 2.53. The van der Waals surface area contributed by atoms with Crippen molar-refractivity contribution in [3.8, 4) is 11.8 Å². The van der Waals surface area contributed by atoms with Crippen molar-refractivity contribution >= 4 is 17.3 Å². The molecule has 0 unspecified atom stereocenters. The zero-order chi connectivity index (χ0) is 10.4. The van der Waals surface area contributed by atoms with Crippen LogP contribution in [0.25, 0.3) is 0 Å². The van der Waals surface area contributed by atoms with Crippen molar-refractivity contribution in [2.24, 2.45) is 0 Å². The Bertz CT molecular complexity index is 360. The van der Waals surface area contributed by atoms with E-state index in [0.717, 1.165) is 23.7 Å². The van der Waals surface area contributed by atoms with Gasteiger partial charge in [-0.25, -0.2) is 0 Å². The number of anilines is 1. The third-order valence-corrected chi connectivity index (χ3v) is 2.17. The van der Waals surface area contributed by atoms with Crippen molar-refractivity contribution in [3.05, 3.63) is 28.8 Å². The van der Waals surface area contributed by atoms with Crippen LogP contribution in [0, 0.1) is 18.8 Å². The van der Waals surface area contributed by atoms with Gasteiger partial charge in [-0.05, 0) is 37.6 Å². The molecule has 14 heavy (non-hydrogen) atoms. The van der Waals surface area contributed by atoms with E-state index in [0.29, 0.717) is 0 Å². The second kappa shape index (κ2) is 5.57. The van der Waals surface area contributed by atoms with E-state index in [1.54, 1.807) is 0 Å². The summed E-state index contributed by atoms with van der Waals surface area (Å²) in [7, 11) is 0. The van der Waals surface area contributed by atoms with Crippen LogP contribution >= 0.6 is 11.6 Å². The normalized spacial score (nSPS) is 9.07. The van der Waals surface area contributed by atoms with E-state index in [1.165, 1.54) is 5.56 Å². The molecule has 0 aliphatic heterocycles. The minimum atomic E-state index is 0.779. The van der Waals surface area contributed by atoms with Crippen molar-refractivity contribution < 1.29 is 0 Å². The van der Waals surface area contributed by atoms with Crippen LogP contribution < -0.4 is 5.32 Å². The fourth-order valence-electron chi connectivity index (χ4n) is 1.21. The monoisotopic (exact) mass is 207 g/mol. The molecule has 1 N–H and O–H groups in total. The summed E-state index contributed by atoms with van der Waals surface area (Å²) in [6.45, 7) is 4.77. The molecule has 0 radical (unpaired) electrons. The molecule has 1 aromatic rings. The van der Waals surface area contributed by atoms with Crippen LogP contribution in [0.15, 0.2) is 18.2 Å². The number of hydrogen-bond acceptors (Lipinski definition) is 1. The zero-order valence-electron chi connectivity index (χ0n) is 8.52. The molecule has 0 bridgehead atoms. The molecule has 0 fully saturated rings. The molecule has 0 spiro atoms. The molecule has 2 heteroatoms. The van der Waals surface area contributed by atoms with Crippen molar-refractivity contribution in [1.29, 1.82) is 0 Å². The lowest BCUT2D eigenvalue weighted by Gasteiger charge is -2.07. The second-order valence-electron chi connectivity index (χ2n) is 3.06. The highest BCUT2D eigenvalue weighted by Crippen LogP contribution is 2.19. The predicted octanol–water partition coefficient (Wildman–Crippen LogP) is 3.47. The van der Waals surface area contributed by atoms with Gasteiger partial charge in [-0.2, -0.15) is 0 Å². The molecule has 0 atom stereocenters. The summed E-state index contributed by atoms with van der Waals surface area (Å²) in [4.78, 5) is 0. The second-order valence-corrected chi connectivity index (χ2v) is 3.50. The molecule has 1 rings (SSSR count). The molecule has 1 aromatic carbocycles. The van der Waals surface area contributed by atoms with E-state index in [1.807, 2.05) is 32.0 Å². The van der Waals surface area contributed by atoms with E-state index in [2.05, 4.69) is 17.2 Å². The lowest BCUT2D eigenvalue weighted by atomic mass is 10.2. The first-order chi connectivity index (χ1) is 6.74. The van der Waals surface area contributed by atoms with Gasteiger partial charge in [0.2, 0.25) is 0 Å². The Kier molecular flexibility index (Phi) is 4.35.